The molecule has 90 valence electrons. The molecule has 0 aromatic carbocycles. The van der Waals surface area contributed by atoms with Crippen LogP contribution in [0.25, 0.3) is 0 Å². The van der Waals surface area contributed by atoms with Crippen LogP contribution in [0.1, 0.15) is 39.0 Å². The van der Waals surface area contributed by atoms with Gasteiger partial charge in [-0.2, -0.15) is 0 Å². The third-order valence-electron chi connectivity index (χ3n) is 2.80. The van der Waals surface area contributed by atoms with E-state index in [4.69, 9.17) is 5.11 Å². The molecule has 1 aliphatic rings. The van der Waals surface area contributed by atoms with Crippen molar-refractivity contribution in [2.24, 2.45) is 0 Å². The van der Waals surface area contributed by atoms with Gasteiger partial charge in [-0.1, -0.05) is 6.08 Å². The van der Waals surface area contributed by atoms with Gasteiger partial charge in [-0.3, -0.25) is 4.79 Å². The summed E-state index contributed by atoms with van der Waals surface area (Å²) in [6.07, 6.45) is 5.61. The van der Waals surface area contributed by atoms with E-state index < -0.39 is 12.0 Å². The predicted molar refractivity (Wildman–Crippen MR) is 61.0 cm³/mol. The van der Waals surface area contributed by atoms with Gasteiger partial charge in [0.1, 0.15) is 6.04 Å². The van der Waals surface area contributed by atoms with Crippen LogP contribution in [0.15, 0.2) is 12.7 Å². The van der Waals surface area contributed by atoms with Crippen LogP contribution < -0.4 is 0 Å². The molecule has 0 spiro atoms. The molecule has 0 bridgehead atoms. The highest BCUT2D eigenvalue weighted by molar-refractivity contribution is 5.83. The molecule has 0 aromatic rings. The molecule has 1 aliphatic carbocycles. The van der Waals surface area contributed by atoms with Gasteiger partial charge in [0.05, 0.1) is 0 Å². The van der Waals surface area contributed by atoms with Crippen molar-refractivity contribution < 1.29 is 14.7 Å². The number of carboxylic acid groups (broad SMARTS) is 1. The lowest BCUT2D eigenvalue weighted by Crippen LogP contribution is -2.44. The van der Waals surface area contributed by atoms with Crippen molar-refractivity contribution in [3.05, 3.63) is 12.7 Å². The molecule has 1 saturated carbocycles. The van der Waals surface area contributed by atoms with Crippen LogP contribution in [0, 0.1) is 0 Å². The minimum Gasteiger partial charge on any atom is -0.480 e. The summed E-state index contributed by atoms with van der Waals surface area (Å²) >= 11 is 0. The zero-order valence-electron chi connectivity index (χ0n) is 9.69. The smallest absolute Gasteiger partial charge is 0.326 e. The quantitative estimate of drug-likeness (QED) is 0.531. The first-order valence-electron chi connectivity index (χ1n) is 5.72. The number of carbonyl (C=O) groups excluding carboxylic acids is 1. The van der Waals surface area contributed by atoms with Crippen LogP contribution in [0.5, 0.6) is 0 Å². The zero-order valence-corrected chi connectivity index (χ0v) is 9.69. The van der Waals surface area contributed by atoms with Crippen molar-refractivity contribution >= 4 is 11.9 Å². The Balaban J connectivity index is 2.52. The second-order valence-corrected chi connectivity index (χ2v) is 4.23. The number of unbranched alkanes of at least 4 members (excludes halogenated alkanes) is 1. The van der Waals surface area contributed by atoms with E-state index in [1.165, 1.54) is 4.90 Å². The summed E-state index contributed by atoms with van der Waals surface area (Å²) in [5, 5.41) is 8.94. The fourth-order valence-electron chi connectivity index (χ4n) is 1.73. The second-order valence-electron chi connectivity index (χ2n) is 4.23. The monoisotopic (exact) mass is 225 g/mol. The lowest BCUT2D eigenvalue weighted by molar-refractivity contribution is -0.150. The van der Waals surface area contributed by atoms with Crippen molar-refractivity contribution in [2.45, 2.75) is 51.1 Å². The fraction of sp³-hybridized carbons (Fsp3) is 0.667. The molecule has 1 amide bonds. The Morgan fingerprint density at radius 2 is 2.19 bits per heavy atom. The Kier molecular flexibility index (Phi) is 4.52. The van der Waals surface area contributed by atoms with Gasteiger partial charge in [0, 0.05) is 12.5 Å². The van der Waals surface area contributed by atoms with E-state index in [9.17, 15) is 9.59 Å². The first-order chi connectivity index (χ1) is 7.57. The number of carboxylic acids is 1. The molecule has 1 unspecified atom stereocenters. The Bertz CT molecular complexity index is 284. The van der Waals surface area contributed by atoms with Crippen LogP contribution in [0.4, 0.5) is 0 Å². The highest BCUT2D eigenvalue weighted by Crippen LogP contribution is 2.29. The first kappa shape index (κ1) is 12.7. The Hall–Kier alpha value is -1.32. The number of amides is 1. The van der Waals surface area contributed by atoms with Crippen molar-refractivity contribution in [3.8, 4) is 0 Å². The second kappa shape index (κ2) is 5.68. The maximum Gasteiger partial charge on any atom is 0.326 e. The number of carbonyl (C=O) groups is 2. The highest BCUT2D eigenvalue weighted by Gasteiger charge is 2.37. The average Bonchev–Trinajstić information content (AvgIpc) is 3.02. The number of rotatable bonds is 7. The van der Waals surface area contributed by atoms with Gasteiger partial charge in [-0.25, -0.2) is 4.79 Å². The number of allylic oxidation sites excluding steroid dienone is 1. The third kappa shape index (κ3) is 3.36. The third-order valence-corrected chi connectivity index (χ3v) is 2.80. The Morgan fingerprint density at radius 3 is 2.62 bits per heavy atom. The molecule has 0 radical (unpaired) electrons. The standard InChI is InChI=1S/C12H19NO3/c1-3-4-5-6-11(14)13(10-7-8-10)9(2)12(15)16/h3,9-10H,1,4-8H2,2H3,(H,15,16). The molecule has 0 saturated heterocycles. The maximum atomic E-state index is 11.9. The van der Waals surface area contributed by atoms with Crippen molar-refractivity contribution in [1.29, 1.82) is 0 Å². The summed E-state index contributed by atoms with van der Waals surface area (Å²) in [7, 11) is 0. The van der Waals surface area contributed by atoms with E-state index in [2.05, 4.69) is 6.58 Å². The number of hydrogen-bond acceptors (Lipinski definition) is 2. The summed E-state index contributed by atoms with van der Waals surface area (Å²) in [6, 6.07) is -0.550. The fourth-order valence-corrected chi connectivity index (χ4v) is 1.73. The van der Waals surface area contributed by atoms with E-state index in [-0.39, 0.29) is 11.9 Å². The highest BCUT2D eigenvalue weighted by atomic mass is 16.4. The molecule has 1 atom stereocenters. The normalized spacial score (nSPS) is 16.6. The summed E-state index contributed by atoms with van der Waals surface area (Å²) in [4.78, 5) is 24.3. The summed E-state index contributed by atoms with van der Waals surface area (Å²) in [6.45, 7) is 5.17. The number of nitrogens with zero attached hydrogens (tertiary/aromatic N) is 1. The largest absolute Gasteiger partial charge is 0.480 e. The maximum absolute atomic E-state index is 11.9. The molecule has 4 heteroatoms. The number of hydrogen-bond donors (Lipinski definition) is 1. The van der Waals surface area contributed by atoms with Crippen LogP contribution in [-0.2, 0) is 9.59 Å². The van der Waals surface area contributed by atoms with Gasteiger partial charge in [-0.05, 0) is 32.6 Å². The van der Waals surface area contributed by atoms with Gasteiger partial charge in [0.2, 0.25) is 5.91 Å². The average molecular weight is 225 g/mol. The van der Waals surface area contributed by atoms with Crippen LogP contribution >= 0.6 is 0 Å². The van der Waals surface area contributed by atoms with Crippen LogP contribution in [0.3, 0.4) is 0 Å². The number of aliphatic carboxylic acids is 1. The summed E-state index contributed by atoms with van der Waals surface area (Å²) in [5.74, 6) is -0.969. The van der Waals surface area contributed by atoms with Crippen molar-refractivity contribution in [3.63, 3.8) is 0 Å². The first-order valence-corrected chi connectivity index (χ1v) is 5.72. The predicted octanol–water partition coefficient (Wildman–Crippen LogP) is 1.81. The van der Waals surface area contributed by atoms with Gasteiger partial charge in [0.15, 0.2) is 0 Å². The Labute approximate surface area is 95.9 Å². The summed E-state index contributed by atoms with van der Waals surface area (Å²) < 4.78 is 0. The molecule has 0 heterocycles. The Morgan fingerprint density at radius 1 is 1.56 bits per heavy atom. The van der Waals surface area contributed by atoms with Gasteiger partial charge < -0.3 is 10.0 Å². The minimum atomic E-state index is -0.927. The molecule has 1 N–H and O–H groups in total. The molecule has 0 aliphatic heterocycles. The van der Waals surface area contributed by atoms with E-state index in [0.29, 0.717) is 6.42 Å². The molecule has 1 fully saturated rings. The summed E-state index contributed by atoms with van der Waals surface area (Å²) in [5.41, 5.74) is 0. The zero-order chi connectivity index (χ0) is 12.1. The van der Waals surface area contributed by atoms with Gasteiger partial charge >= 0.3 is 5.97 Å². The molecular weight excluding hydrogens is 206 g/mol. The molecular formula is C12H19NO3. The molecule has 0 aromatic heterocycles. The van der Waals surface area contributed by atoms with Crippen LogP contribution in [-0.4, -0.2) is 34.0 Å². The van der Waals surface area contributed by atoms with E-state index >= 15 is 0 Å². The lowest BCUT2D eigenvalue weighted by atomic mass is 10.2. The SMILES string of the molecule is C=CCCCC(=O)N(C1CC1)C(C)C(=O)O. The molecule has 1 rings (SSSR count). The molecule has 16 heavy (non-hydrogen) atoms. The van der Waals surface area contributed by atoms with E-state index in [0.717, 1.165) is 25.7 Å². The molecule has 4 nitrogen and oxygen atoms in total. The van der Waals surface area contributed by atoms with E-state index in [1.807, 2.05) is 0 Å². The van der Waals surface area contributed by atoms with E-state index in [1.54, 1.807) is 13.0 Å². The van der Waals surface area contributed by atoms with Crippen molar-refractivity contribution in [1.82, 2.24) is 4.90 Å². The topological polar surface area (TPSA) is 57.6 Å². The van der Waals surface area contributed by atoms with Gasteiger partial charge in [-0.15, -0.1) is 6.58 Å². The van der Waals surface area contributed by atoms with Crippen molar-refractivity contribution in [2.75, 3.05) is 0 Å². The van der Waals surface area contributed by atoms with Gasteiger partial charge in [0.25, 0.3) is 0 Å². The minimum absolute atomic E-state index is 0.0424. The lowest BCUT2D eigenvalue weighted by Gasteiger charge is -2.26. The van der Waals surface area contributed by atoms with Crippen LogP contribution in [0.2, 0.25) is 0 Å².